The lowest BCUT2D eigenvalue weighted by atomic mass is 10.1. The molecular weight excluding hydrogens is 294 g/mol. The second kappa shape index (κ2) is 6.97. The van der Waals surface area contributed by atoms with Gasteiger partial charge in [0.2, 0.25) is 5.91 Å². The molecule has 124 valence electrons. The molecular formula is C16H23N5O2. The molecule has 2 aliphatic heterocycles. The summed E-state index contributed by atoms with van der Waals surface area (Å²) in [6.07, 6.45) is 0.613. The molecule has 2 atom stereocenters. The number of amidine groups is 1. The smallest absolute Gasteiger partial charge is 0.239 e. The van der Waals surface area contributed by atoms with Crippen LogP contribution in [0.4, 0.5) is 0 Å². The van der Waals surface area contributed by atoms with Crippen LogP contribution in [-0.4, -0.2) is 61.5 Å². The maximum absolute atomic E-state index is 12.5. The number of benzene rings is 1. The summed E-state index contributed by atoms with van der Waals surface area (Å²) >= 11 is 0. The third-order valence-corrected chi connectivity index (χ3v) is 4.27. The van der Waals surface area contributed by atoms with Gasteiger partial charge >= 0.3 is 0 Å². The summed E-state index contributed by atoms with van der Waals surface area (Å²) < 4.78 is 5.94. The SMILES string of the molecule is N=C(N)c1cccc(O[C@H]2CN[C@H](C(=O)N3CCNCC3)C2)c1. The first-order valence-electron chi connectivity index (χ1n) is 7.97. The summed E-state index contributed by atoms with van der Waals surface area (Å²) in [6, 6.07) is 7.02. The van der Waals surface area contributed by atoms with Gasteiger partial charge in [0.15, 0.2) is 0 Å². The average Bonchev–Trinajstić information content (AvgIpc) is 3.03. The van der Waals surface area contributed by atoms with Crippen molar-refractivity contribution in [3.8, 4) is 5.75 Å². The Kier molecular flexibility index (Phi) is 4.78. The number of carbonyl (C=O) groups excluding carboxylic acids is 1. The Balaban J connectivity index is 1.56. The Labute approximate surface area is 135 Å². The topological polar surface area (TPSA) is 103 Å². The Hall–Kier alpha value is -2.12. The number of hydrogen-bond donors (Lipinski definition) is 4. The number of nitrogens with two attached hydrogens (primary N) is 1. The van der Waals surface area contributed by atoms with E-state index in [4.69, 9.17) is 15.9 Å². The number of nitrogens with one attached hydrogen (secondary N) is 3. The number of piperazine rings is 1. The first-order chi connectivity index (χ1) is 11.1. The van der Waals surface area contributed by atoms with Gasteiger partial charge in [-0.15, -0.1) is 0 Å². The Morgan fingerprint density at radius 2 is 2.13 bits per heavy atom. The van der Waals surface area contributed by atoms with Crippen molar-refractivity contribution in [1.29, 1.82) is 5.41 Å². The normalized spacial score (nSPS) is 24.4. The fraction of sp³-hybridized carbons (Fsp3) is 0.500. The monoisotopic (exact) mass is 317 g/mol. The average molecular weight is 317 g/mol. The predicted octanol–water partition coefficient (Wildman–Crippen LogP) is -0.488. The Bertz CT molecular complexity index is 586. The Morgan fingerprint density at radius 1 is 1.35 bits per heavy atom. The van der Waals surface area contributed by atoms with E-state index in [0.717, 1.165) is 26.2 Å². The van der Waals surface area contributed by atoms with E-state index >= 15 is 0 Å². The standard InChI is InChI=1S/C16H23N5O2/c17-15(18)11-2-1-3-12(8-11)23-13-9-14(20-10-13)16(22)21-6-4-19-5-7-21/h1-3,8,13-14,19-20H,4-7,9-10H2,(H3,17,18)/t13-,14+/m1/s1. The van der Waals surface area contributed by atoms with Crippen LogP contribution >= 0.6 is 0 Å². The first-order valence-corrected chi connectivity index (χ1v) is 7.97. The Morgan fingerprint density at radius 3 is 2.87 bits per heavy atom. The molecule has 0 aliphatic carbocycles. The quantitative estimate of drug-likeness (QED) is 0.443. The molecule has 1 aromatic rings. The molecule has 0 unspecified atom stereocenters. The molecule has 1 amide bonds. The van der Waals surface area contributed by atoms with E-state index in [1.54, 1.807) is 12.1 Å². The molecule has 0 bridgehead atoms. The van der Waals surface area contributed by atoms with Gasteiger partial charge in [-0.1, -0.05) is 12.1 Å². The summed E-state index contributed by atoms with van der Waals surface area (Å²) in [5.74, 6) is 0.863. The summed E-state index contributed by atoms with van der Waals surface area (Å²) in [5, 5.41) is 14.0. The highest BCUT2D eigenvalue weighted by Crippen LogP contribution is 2.19. The molecule has 0 spiro atoms. The van der Waals surface area contributed by atoms with Gasteiger partial charge in [0.05, 0.1) is 6.04 Å². The number of carbonyl (C=O) groups is 1. The van der Waals surface area contributed by atoms with Crippen LogP contribution in [0.15, 0.2) is 24.3 Å². The zero-order valence-electron chi connectivity index (χ0n) is 13.0. The van der Waals surface area contributed by atoms with Gasteiger partial charge in [-0.05, 0) is 12.1 Å². The van der Waals surface area contributed by atoms with E-state index in [0.29, 0.717) is 24.3 Å². The molecule has 23 heavy (non-hydrogen) atoms. The summed E-state index contributed by atoms with van der Waals surface area (Å²) in [7, 11) is 0. The largest absolute Gasteiger partial charge is 0.489 e. The van der Waals surface area contributed by atoms with Crippen LogP contribution in [0.3, 0.4) is 0 Å². The van der Waals surface area contributed by atoms with Crippen molar-refractivity contribution >= 4 is 11.7 Å². The third kappa shape index (κ3) is 3.80. The third-order valence-electron chi connectivity index (χ3n) is 4.27. The van der Waals surface area contributed by atoms with E-state index in [1.807, 2.05) is 17.0 Å². The summed E-state index contributed by atoms with van der Waals surface area (Å²) in [5.41, 5.74) is 6.14. The number of ether oxygens (including phenoxy) is 1. The van der Waals surface area contributed by atoms with Crippen molar-refractivity contribution in [2.45, 2.75) is 18.6 Å². The van der Waals surface area contributed by atoms with Crippen LogP contribution in [0.25, 0.3) is 0 Å². The molecule has 2 aliphatic rings. The molecule has 5 N–H and O–H groups in total. The number of nitrogen functional groups attached to an aromatic ring is 1. The molecule has 2 fully saturated rings. The van der Waals surface area contributed by atoms with Crippen molar-refractivity contribution in [2.24, 2.45) is 5.73 Å². The maximum atomic E-state index is 12.5. The van der Waals surface area contributed by atoms with E-state index in [2.05, 4.69) is 10.6 Å². The highest BCUT2D eigenvalue weighted by Gasteiger charge is 2.33. The van der Waals surface area contributed by atoms with Crippen LogP contribution in [0.1, 0.15) is 12.0 Å². The van der Waals surface area contributed by atoms with E-state index in [1.165, 1.54) is 0 Å². The first kappa shape index (κ1) is 15.8. The number of nitrogens with zero attached hydrogens (tertiary/aromatic N) is 1. The van der Waals surface area contributed by atoms with Gasteiger partial charge in [0, 0.05) is 44.7 Å². The van der Waals surface area contributed by atoms with Crippen molar-refractivity contribution in [2.75, 3.05) is 32.7 Å². The van der Waals surface area contributed by atoms with Crippen LogP contribution in [0, 0.1) is 5.41 Å². The van der Waals surface area contributed by atoms with Crippen LogP contribution < -0.4 is 21.1 Å². The van der Waals surface area contributed by atoms with E-state index in [-0.39, 0.29) is 23.9 Å². The van der Waals surface area contributed by atoms with Gasteiger partial charge < -0.3 is 26.0 Å². The molecule has 3 rings (SSSR count). The second-order valence-electron chi connectivity index (χ2n) is 5.95. The highest BCUT2D eigenvalue weighted by molar-refractivity contribution is 5.95. The van der Waals surface area contributed by atoms with E-state index in [9.17, 15) is 4.79 Å². The highest BCUT2D eigenvalue weighted by atomic mass is 16.5. The number of rotatable bonds is 4. The van der Waals surface area contributed by atoms with Gasteiger partial charge in [0.25, 0.3) is 0 Å². The molecule has 7 heteroatoms. The zero-order chi connectivity index (χ0) is 16.2. The zero-order valence-corrected chi connectivity index (χ0v) is 13.0. The fourth-order valence-corrected chi connectivity index (χ4v) is 3.02. The van der Waals surface area contributed by atoms with Crippen LogP contribution in [0.5, 0.6) is 5.75 Å². The fourth-order valence-electron chi connectivity index (χ4n) is 3.02. The predicted molar refractivity (Wildman–Crippen MR) is 87.7 cm³/mol. The number of amides is 1. The molecule has 0 saturated carbocycles. The molecule has 2 saturated heterocycles. The number of hydrogen-bond acceptors (Lipinski definition) is 5. The van der Waals surface area contributed by atoms with Crippen LogP contribution in [0.2, 0.25) is 0 Å². The minimum absolute atomic E-state index is 0.0201. The van der Waals surface area contributed by atoms with Crippen molar-refractivity contribution in [1.82, 2.24) is 15.5 Å². The maximum Gasteiger partial charge on any atom is 0.239 e. The van der Waals surface area contributed by atoms with Crippen LogP contribution in [-0.2, 0) is 4.79 Å². The molecule has 0 aromatic heterocycles. The summed E-state index contributed by atoms with van der Waals surface area (Å²) in [6.45, 7) is 3.89. The minimum atomic E-state index is -0.172. The van der Waals surface area contributed by atoms with Crippen molar-refractivity contribution in [3.63, 3.8) is 0 Å². The molecule has 0 radical (unpaired) electrons. The molecule has 2 heterocycles. The minimum Gasteiger partial charge on any atom is -0.489 e. The van der Waals surface area contributed by atoms with E-state index < -0.39 is 0 Å². The van der Waals surface area contributed by atoms with Crippen molar-refractivity contribution < 1.29 is 9.53 Å². The van der Waals surface area contributed by atoms with Gasteiger partial charge in [-0.3, -0.25) is 10.2 Å². The lowest BCUT2D eigenvalue weighted by molar-refractivity contribution is -0.133. The van der Waals surface area contributed by atoms with Gasteiger partial charge in [-0.2, -0.15) is 0 Å². The molecule has 1 aromatic carbocycles. The van der Waals surface area contributed by atoms with Crippen molar-refractivity contribution in [3.05, 3.63) is 29.8 Å². The van der Waals surface area contributed by atoms with Gasteiger partial charge in [-0.25, -0.2) is 0 Å². The lowest BCUT2D eigenvalue weighted by Gasteiger charge is -2.29. The summed E-state index contributed by atoms with van der Waals surface area (Å²) in [4.78, 5) is 14.4. The molecule has 7 nitrogen and oxygen atoms in total. The lowest BCUT2D eigenvalue weighted by Crippen LogP contribution is -2.51. The second-order valence-corrected chi connectivity index (χ2v) is 5.95. The van der Waals surface area contributed by atoms with Gasteiger partial charge in [0.1, 0.15) is 17.7 Å².